The largest absolute Gasteiger partial charge is 0.382 e. The molecule has 4 N–H and O–H groups in total. The molecule has 0 aromatic carbocycles. The van der Waals surface area contributed by atoms with Crippen molar-refractivity contribution in [1.82, 2.24) is 19.6 Å². The fourth-order valence-electron chi connectivity index (χ4n) is 1.86. The first-order chi connectivity index (χ1) is 11.3. The lowest BCUT2D eigenvalue weighted by molar-refractivity contribution is 0.456. The maximum atomic E-state index is 11.2. The van der Waals surface area contributed by atoms with E-state index in [4.69, 9.17) is 11.5 Å². The van der Waals surface area contributed by atoms with Crippen LogP contribution in [0.4, 0.5) is 11.6 Å². The zero-order valence-corrected chi connectivity index (χ0v) is 14.6. The molecule has 0 bridgehead atoms. The van der Waals surface area contributed by atoms with Crippen molar-refractivity contribution < 1.29 is 0 Å². The summed E-state index contributed by atoms with van der Waals surface area (Å²) in [6.45, 7) is 7.88. The second kappa shape index (κ2) is 8.85. The van der Waals surface area contributed by atoms with Crippen molar-refractivity contribution in [2.75, 3.05) is 11.5 Å². The molecular formula is C16H26N6O2. The molecule has 8 nitrogen and oxygen atoms in total. The minimum absolute atomic E-state index is 0.0986. The van der Waals surface area contributed by atoms with E-state index in [9.17, 15) is 9.59 Å². The van der Waals surface area contributed by atoms with E-state index in [2.05, 4.69) is 10.2 Å². The van der Waals surface area contributed by atoms with E-state index in [1.165, 1.54) is 33.6 Å². The minimum atomic E-state index is -0.0986. The highest BCUT2D eigenvalue weighted by Crippen LogP contribution is 2.05. The van der Waals surface area contributed by atoms with Crippen LogP contribution in [0.5, 0.6) is 0 Å². The Bertz CT molecular complexity index is 702. The zero-order chi connectivity index (χ0) is 18.3. The lowest BCUT2D eigenvalue weighted by Crippen LogP contribution is -2.25. The average Bonchev–Trinajstić information content (AvgIpc) is 2.58. The van der Waals surface area contributed by atoms with Gasteiger partial charge < -0.3 is 11.5 Å². The van der Waals surface area contributed by atoms with Crippen molar-refractivity contribution in [3.05, 3.63) is 45.0 Å². The molecule has 0 aliphatic heterocycles. The fourth-order valence-corrected chi connectivity index (χ4v) is 1.86. The molecule has 2 atom stereocenters. The van der Waals surface area contributed by atoms with Gasteiger partial charge in [0, 0.05) is 12.1 Å². The van der Waals surface area contributed by atoms with Gasteiger partial charge in [0.15, 0.2) is 0 Å². The Morgan fingerprint density at radius 1 is 0.833 bits per heavy atom. The average molecular weight is 334 g/mol. The maximum Gasteiger partial charge on any atom is 0.267 e. The summed E-state index contributed by atoms with van der Waals surface area (Å²) < 4.78 is 2.82. The predicted molar refractivity (Wildman–Crippen MR) is 95.8 cm³/mol. The van der Waals surface area contributed by atoms with Gasteiger partial charge in [0.2, 0.25) is 0 Å². The third kappa shape index (κ3) is 5.22. The summed E-state index contributed by atoms with van der Waals surface area (Å²) in [5, 5.41) is 7.85. The van der Waals surface area contributed by atoms with Crippen molar-refractivity contribution in [2.24, 2.45) is 0 Å². The van der Waals surface area contributed by atoms with Crippen LogP contribution >= 0.6 is 0 Å². The lowest BCUT2D eigenvalue weighted by atomic mass is 10.3. The van der Waals surface area contributed by atoms with E-state index >= 15 is 0 Å². The van der Waals surface area contributed by atoms with Gasteiger partial charge in [-0.2, -0.15) is 10.2 Å². The van der Waals surface area contributed by atoms with Gasteiger partial charge in [-0.3, -0.25) is 9.59 Å². The first-order valence-corrected chi connectivity index (χ1v) is 8.00. The number of anilines is 2. The summed E-state index contributed by atoms with van der Waals surface area (Å²) in [6.07, 6.45) is 1.74. The van der Waals surface area contributed by atoms with Gasteiger partial charge in [0.25, 0.3) is 11.1 Å². The Balaban J connectivity index is 0.000000240. The monoisotopic (exact) mass is 334 g/mol. The third-order valence-corrected chi connectivity index (χ3v) is 3.71. The molecule has 132 valence electrons. The first kappa shape index (κ1) is 19.4. The molecule has 2 rings (SSSR count). The number of aromatic nitrogens is 4. The number of rotatable bonds is 4. The molecule has 0 radical (unpaired) electrons. The third-order valence-electron chi connectivity index (χ3n) is 3.71. The van der Waals surface area contributed by atoms with Gasteiger partial charge in [-0.25, -0.2) is 9.36 Å². The molecule has 0 aliphatic carbocycles. The second-order valence-corrected chi connectivity index (χ2v) is 5.60. The molecular weight excluding hydrogens is 308 g/mol. The fraction of sp³-hybridized carbons (Fsp3) is 0.500. The van der Waals surface area contributed by atoms with Crippen molar-refractivity contribution in [3.63, 3.8) is 0 Å². The lowest BCUT2D eigenvalue weighted by Gasteiger charge is -2.10. The predicted octanol–water partition coefficient (Wildman–Crippen LogP) is 1.59. The summed E-state index contributed by atoms with van der Waals surface area (Å²) in [6, 6.07) is 6.13. The minimum Gasteiger partial charge on any atom is -0.382 e. The van der Waals surface area contributed by atoms with Crippen LogP contribution in [0.2, 0.25) is 0 Å². The van der Waals surface area contributed by atoms with Crippen molar-refractivity contribution >= 4 is 11.6 Å². The van der Waals surface area contributed by atoms with Gasteiger partial charge >= 0.3 is 0 Å². The van der Waals surface area contributed by atoms with Crippen LogP contribution < -0.4 is 22.6 Å². The molecule has 0 aliphatic rings. The van der Waals surface area contributed by atoms with E-state index in [0.29, 0.717) is 11.6 Å². The van der Waals surface area contributed by atoms with Crippen molar-refractivity contribution in [3.8, 4) is 0 Å². The molecule has 2 aromatic rings. The molecule has 0 spiro atoms. The van der Waals surface area contributed by atoms with Gasteiger partial charge in [0.05, 0.1) is 12.1 Å². The van der Waals surface area contributed by atoms with E-state index in [0.717, 1.165) is 12.8 Å². The molecule has 2 heterocycles. The van der Waals surface area contributed by atoms with Gasteiger partial charge in [0.1, 0.15) is 11.6 Å². The first-order valence-electron chi connectivity index (χ1n) is 8.00. The van der Waals surface area contributed by atoms with Crippen molar-refractivity contribution in [1.29, 1.82) is 0 Å². The second-order valence-electron chi connectivity index (χ2n) is 5.60. The van der Waals surface area contributed by atoms with Crippen LogP contribution in [0.25, 0.3) is 0 Å². The summed E-state index contributed by atoms with van der Waals surface area (Å²) in [7, 11) is 0. The van der Waals surface area contributed by atoms with Crippen molar-refractivity contribution in [2.45, 2.75) is 52.6 Å². The Morgan fingerprint density at radius 3 is 1.46 bits per heavy atom. The number of hydrogen-bond donors (Lipinski definition) is 2. The number of hydrogen-bond acceptors (Lipinski definition) is 6. The highest BCUT2D eigenvalue weighted by Gasteiger charge is 2.05. The maximum absolute atomic E-state index is 11.2. The van der Waals surface area contributed by atoms with Gasteiger partial charge in [-0.05, 0) is 38.8 Å². The van der Waals surface area contributed by atoms with Gasteiger partial charge in [-0.1, -0.05) is 13.8 Å². The van der Waals surface area contributed by atoms with Crippen LogP contribution in [0.15, 0.2) is 33.9 Å². The van der Waals surface area contributed by atoms with E-state index in [-0.39, 0.29) is 23.2 Å². The number of nitrogen functional groups attached to an aromatic ring is 2. The molecule has 2 aromatic heterocycles. The summed E-state index contributed by atoms with van der Waals surface area (Å²) in [5.74, 6) is 0.768. The molecule has 0 amide bonds. The summed E-state index contributed by atoms with van der Waals surface area (Å²) in [4.78, 5) is 22.4. The Hall–Kier alpha value is -2.64. The molecule has 0 saturated heterocycles. The summed E-state index contributed by atoms with van der Waals surface area (Å²) >= 11 is 0. The zero-order valence-electron chi connectivity index (χ0n) is 14.6. The molecule has 0 fully saturated rings. The summed E-state index contributed by atoms with van der Waals surface area (Å²) in [5.41, 5.74) is 10.7. The molecule has 0 saturated carbocycles. The van der Waals surface area contributed by atoms with Crippen LogP contribution in [-0.2, 0) is 0 Å². The van der Waals surface area contributed by atoms with E-state index < -0.39 is 0 Å². The van der Waals surface area contributed by atoms with E-state index in [1.54, 1.807) is 0 Å². The Morgan fingerprint density at radius 2 is 1.17 bits per heavy atom. The van der Waals surface area contributed by atoms with Crippen LogP contribution in [0, 0.1) is 0 Å². The molecule has 24 heavy (non-hydrogen) atoms. The van der Waals surface area contributed by atoms with Crippen LogP contribution in [0.1, 0.15) is 52.6 Å². The Labute approximate surface area is 141 Å². The molecule has 0 unspecified atom stereocenters. The van der Waals surface area contributed by atoms with Crippen LogP contribution in [0.3, 0.4) is 0 Å². The standard InChI is InChI=1S/2C8H13N3O/c2*1-3-6(2)11-8(12)5-4-7(9)10-11/h2*4-6H,3H2,1-2H3,(H2,9,10)/t2*6-/m10/s1. The highest BCUT2D eigenvalue weighted by atomic mass is 16.1. The topological polar surface area (TPSA) is 122 Å². The Kier molecular flexibility index (Phi) is 7.16. The van der Waals surface area contributed by atoms with E-state index in [1.807, 2.05) is 27.7 Å². The van der Waals surface area contributed by atoms with Crippen LogP contribution in [-0.4, -0.2) is 19.6 Å². The SMILES string of the molecule is CC[C@@H](C)n1nc(N)ccc1=O.CC[C@H](C)n1nc(N)ccc1=O. The quantitative estimate of drug-likeness (QED) is 0.875. The smallest absolute Gasteiger partial charge is 0.267 e. The molecule has 8 heteroatoms. The number of nitrogens with two attached hydrogens (primary N) is 2. The normalized spacial score (nSPS) is 12.8. The highest BCUT2D eigenvalue weighted by molar-refractivity contribution is 5.24. The number of nitrogens with zero attached hydrogens (tertiary/aromatic N) is 4. The van der Waals surface area contributed by atoms with Gasteiger partial charge in [-0.15, -0.1) is 0 Å².